The van der Waals surface area contributed by atoms with Crippen molar-refractivity contribution in [2.24, 2.45) is 0 Å². The van der Waals surface area contributed by atoms with Gasteiger partial charge in [0.15, 0.2) is 0 Å². The van der Waals surface area contributed by atoms with Crippen LogP contribution in [0.25, 0.3) is 0 Å². The third kappa shape index (κ3) is 3.85. The fourth-order valence-electron chi connectivity index (χ4n) is 2.07. The molecule has 0 radical (unpaired) electrons. The fourth-order valence-corrected chi connectivity index (χ4v) is 2.07. The first kappa shape index (κ1) is 14.1. The van der Waals surface area contributed by atoms with Gasteiger partial charge in [-0.05, 0) is 37.5 Å². The molecular weight excluding hydrogens is 250 g/mol. The van der Waals surface area contributed by atoms with Crippen LogP contribution in [0.15, 0.2) is 48.5 Å². The maximum atomic E-state index is 11.9. The van der Waals surface area contributed by atoms with Gasteiger partial charge in [-0.25, -0.2) is 0 Å². The van der Waals surface area contributed by atoms with Gasteiger partial charge in [0.1, 0.15) is 5.75 Å². The second-order valence-corrected chi connectivity index (χ2v) is 4.84. The summed E-state index contributed by atoms with van der Waals surface area (Å²) in [6.07, 6.45) is 2.19. The fraction of sp³-hybridized carbons (Fsp3) is 0.235. The van der Waals surface area contributed by atoms with Gasteiger partial charge in [-0.3, -0.25) is 4.79 Å². The van der Waals surface area contributed by atoms with E-state index < -0.39 is 0 Å². The quantitative estimate of drug-likeness (QED) is 0.870. The zero-order chi connectivity index (χ0) is 14.4. The average molecular weight is 269 g/mol. The molecule has 0 saturated carbocycles. The molecule has 2 N–H and O–H groups in total. The molecular formula is C17H19NO2. The van der Waals surface area contributed by atoms with E-state index in [1.807, 2.05) is 18.2 Å². The molecule has 0 aliphatic carbocycles. The third-order valence-electron chi connectivity index (χ3n) is 3.29. The van der Waals surface area contributed by atoms with Crippen LogP contribution in [0.5, 0.6) is 5.75 Å². The minimum Gasteiger partial charge on any atom is -0.508 e. The number of aryl methyl sites for hydroxylation is 1. The minimum absolute atomic E-state index is 0.0189. The van der Waals surface area contributed by atoms with Crippen LogP contribution in [0.1, 0.15) is 24.0 Å². The molecule has 20 heavy (non-hydrogen) atoms. The van der Waals surface area contributed by atoms with Crippen molar-refractivity contribution in [2.45, 2.75) is 26.2 Å². The van der Waals surface area contributed by atoms with E-state index in [2.05, 4.69) is 17.4 Å². The number of hydrogen-bond donors (Lipinski definition) is 2. The van der Waals surface area contributed by atoms with Crippen LogP contribution in [0, 0.1) is 6.92 Å². The van der Waals surface area contributed by atoms with E-state index in [4.69, 9.17) is 0 Å². The molecule has 0 bridgehead atoms. The van der Waals surface area contributed by atoms with Crippen LogP contribution in [0.4, 0.5) is 5.69 Å². The zero-order valence-corrected chi connectivity index (χ0v) is 11.6. The number of anilines is 1. The highest BCUT2D eigenvalue weighted by atomic mass is 16.3. The Bertz CT molecular complexity index is 579. The molecule has 104 valence electrons. The molecule has 2 aromatic rings. The lowest BCUT2D eigenvalue weighted by atomic mass is 10.1. The summed E-state index contributed by atoms with van der Waals surface area (Å²) < 4.78 is 0. The second-order valence-electron chi connectivity index (χ2n) is 4.84. The van der Waals surface area contributed by atoms with Gasteiger partial charge >= 0.3 is 0 Å². The van der Waals surface area contributed by atoms with Crippen molar-refractivity contribution in [3.63, 3.8) is 0 Å². The molecule has 0 heterocycles. The Labute approximate surface area is 119 Å². The SMILES string of the molecule is Cc1c(O)cccc1NC(=O)CCCc1ccccc1. The maximum absolute atomic E-state index is 11.9. The first-order valence-corrected chi connectivity index (χ1v) is 6.79. The van der Waals surface area contributed by atoms with Gasteiger partial charge in [0.05, 0.1) is 0 Å². The number of carbonyl (C=O) groups excluding carboxylic acids is 1. The van der Waals surface area contributed by atoms with Crippen molar-refractivity contribution < 1.29 is 9.90 Å². The molecule has 0 saturated heterocycles. The van der Waals surface area contributed by atoms with Gasteiger partial charge < -0.3 is 10.4 Å². The number of carbonyl (C=O) groups is 1. The monoisotopic (exact) mass is 269 g/mol. The van der Waals surface area contributed by atoms with Crippen LogP contribution in [0.2, 0.25) is 0 Å². The first-order chi connectivity index (χ1) is 9.66. The molecule has 2 rings (SSSR count). The van der Waals surface area contributed by atoms with Gasteiger partial charge in [0.2, 0.25) is 5.91 Å². The number of amides is 1. The predicted octanol–water partition coefficient (Wildman–Crippen LogP) is 3.66. The van der Waals surface area contributed by atoms with Crippen molar-refractivity contribution in [3.8, 4) is 5.75 Å². The summed E-state index contributed by atoms with van der Waals surface area (Å²) in [7, 11) is 0. The number of nitrogens with one attached hydrogen (secondary N) is 1. The maximum Gasteiger partial charge on any atom is 0.224 e. The van der Waals surface area contributed by atoms with Crippen LogP contribution < -0.4 is 5.32 Å². The molecule has 0 spiro atoms. The topological polar surface area (TPSA) is 49.3 Å². The molecule has 3 nitrogen and oxygen atoms in total. The normalized spacial score (nSPS) is 10.2. The molecule has 0 aromatic heterocycles. The van der Waals surface area contributed by atoms with Crippen molar-refractivity contribution >= 4 is 11.6 Å². The number of hydrogen-bond acceptors (Lipinski definition) is 2. The molecule has 0 fully saturated rings. The van der Waals surface area contributed by atoms with Crippen LogP contribution in [-0.4, -0.2) is 11.0 Å². The molecule has 3 heteroatoms. The average Bonchev–Trinajstić information content (AvgIpc) is 2.45. The predicted molar refractivity (Wildman–Crippen MR) is 80.9 cm³/mol. The molecule has 0 aliphatic rings. The van der Waals surface area contributed by atoms with E-state index in [1.54, 1.807) is 25.1 Å². The summed E-state index contributed by atoms with van der Waals surface area (Å²) in [4.78, 5) is 11.9. The Morgan fingerprint density at radius 1 is 1.10 bits per heavy atom. The van der Waals surface area contributed by atoms with Gasteiger partial charge in [-0.15, -0.1) is 0 Å². The third-order valence-corrected chi connectivity index (χ3v) is 3.29. The second kappa shape index (κ2) is 6.75. The summed E-state index contributed by atoms with van der Waals surface area (Å²) in [6.45, 7) is 1.79. The van der Waals surface area contributed by atoms with Gasteiger partial charge in [0.25, 0.3) is 0 Å². The van der Waals surface area contributed by atoms with Crippen LogP contribution in [0.3, 0.4) is 0 Å². The van der Waals surface area contributed by atoms with Crippen molar-refractivity contribution in [1.82, 2.24) is 0 Å². The van der Waals surface area contributed by atoms with E-state index >= 15 is 0 Å². The Morgan fingerprint density at radius 2 is 1.85 bits per heavy atom. The van der Waals surface area contributed by atoms with Gasteiger partial charge in [-0.1, -0.05) is 36.4 Å². The number of rotatable bonds is 5. The number of benzene rings is 2. The molecule has 2 aromatic carbocycles. The summed E-state index contributed by atoms with van der Waals surface area (Å²) >= 11 is 0. The highest BCUT2D eigenvalue weighted by Crippen LogP contribution is 2.24. The summed E-state index contributed by atoms with van der Waals surface area (Å²) in [6, 6.07) is 15.3. The largest absolute Gasteiger partial charge is 0.508 e. The van der Waals surface area contributed by atoms with Gasteiger partial charge in [-0.2, -0.15) is 0 Å². The highest BCUT2D eigenvalue weighted by Gasteiger charge is 2.06. The lowest BCUT2D eigenvalue weighted by Gasteiger charge is -2.09. The van der Waals surface area contributed by atoms with Crippen LogP contribution in [-0.2, 0) is 11.2 Å². The molecule has 0 unspecified atom stereocenters. The summed E-state index contributed by atoms with van der Waals surface area (Å²) in [5.41, 5.74) is 2.62. The Hall–Kier alpha value is -2.29. The standard InChI is InChI=1S/C17H19NO2/c1-13-15(10-6-11-16(13)19)18-17(20)12-5-9-14-7-3-2-4-8-14/h2-4,6-8,10-11,19H,5,9,12H2,1H3,(H,18,20). The smallest absolute Gasteiger partial charge is 0.224 e. The highest BCUT2D eigenvalue weighted by molar-refractivity contribution is 5.91. The van der Waals surface area contributed by atoms with E-state index in [1.165, 1.54) is 5.56 Å². The molecule has 1 amide bonds. The van der Waals surface area contributed by atoms with Gasteiger partial charge in [0, 0.05) is 17.7 Å². The van der Waals surface area contributed by atoms with Crippen LogP contribution >= 0.6 is 0 Å². The lowest BCUT2D eigenvalue weighted by molar-refractivity contribution is -0.116. The number of phenolic OH excluding ortho intramolecular Hbond substituents is 1. The van der Waals surface area contributed by atoms with E-state index in [0.717, 1.165) is 12.8 Å². The Kier molecular flexibility index (Phi) is 4.77. The Balaban J connectivity index is 1.82. The van der Waals surface area contributed by atoms with E-state index in [9.17, 15) is 9.90 Å². The lowest BCUT2D eigenvalue weighted by Crippen LogP contribution is -2.12. The number of phenols is 1. The summed E-state index contributed by atoms with van der Waals surface area (Å²) in [5.74, 6) is 0.182. The minimum atomic E-state index is -0.0189. The van der Waals surface area contributed by atoms with Crippen molar-refractivity contribution in [2.75, 3.05) is 5.32 Å². The zero-order valence-electron chi connectivity index (χ0n) is 11.6. The van der Waals surface area contributed by atoms with E-state index in [0.29, 0.717) is 17.7 Å². The van der Waals surface area contributed by atoms with Crippen molar-refractivity contribution in [3.05, 3.63) is 59.7 Å². The Morgan fingerprint density at radius 3 is 2.60 bits per heavy atom. The number of aromatic hydroxyl groups is 1. The van der Waals surface area contributed by atoms with E-state index in [-0.39, 0.29) is 11.7 Å². The molecule has 0 atom stereocenters. The summed E-state index contributed by atoms with van der Waals surface area (Å²) in [5, 5.41) is 12.4. The first-order valence-electron chi connectivity index (χ1n) is 6.79. The molecule has 0 aliphatic heterocycles. The van der Waals surface area contributed by atoms with Crippen molar-refractivity contribution in [1.29, 1.82) is 0 Å².